The van der Waals surface area contributed by atoms with E-state index in [0.29, 0.717) is 0 Å². The molecule has 0 spiro atoms. The third-order valence-corrected chi connectivity index (χ3v) is 9.89. The molecule has 0 aliphatic heterocycles. The Morgan fingerprint density at radius 1 is 0.160 bits per heavy atom. The van der Waals surface area contributed by atoms with Crippen molar-refractivity contribution in [2.45, 2.75) is 0 Å². The van der Waals surface area contributed by atoms with Gasteiger partial charge in [0.2, 0.25) is 0 Å². The standard InChI is InChI=1S/C50H34/c1-5-13-35(14-6-1)37-21-25-39(26-22-37)43-29-31-45-47(33-43)49(41-17-9-3-10-18-41)46-32-30-44(34-48(46)50(45)42-19-11-4-12-20-42)40-27-23-38(24-28-40)36-15-7-2-8-16-36/h1-34H. The van der Waals surface area contributed by atoms with Gasteiger partial charge in [-0.3, -0.25) is 0 Å². The van der Waals surface area contributed by atoms with Crippen LogP contribution in [0.3, 0.4) is 0 Å². The van der Waals surface area contributed by atoms with Crippen molar-refractivity contribution in [2.24, 2.45) is 0 Å². The normalized spacial score (nSPS) is 11.2. The summed E-state index contributed by atoms with van der Waals surface area (Å²) in [5, 5.41) is 5.02. The van der Waals surface area contributed by atoms with Crippen LogP contribution in [0, 0.1) is 0 Å². The summed E-state index contributed by atoms with van der Waals surface area (Å²) >= 11 is 0. The number of hydrogen-bond donors (Lipinski definition) is 0. The van der Waals surface area contributed by atoms with E-state index in [1.54, 1.807) is 0 Å². The summed E-state index contributed by atoms with van der Waals surface area (Å²) in [7, 11) is 0. The third-order valence-electron chi connectivity index (χ3n) is 9.89. The first-order chi connectivity index (χ1) is 24.8. The lowest BCUT2D eigenvalue weighted by Crippen LogP contribution is -1.92. The molecule has 0 saturated carbocycles. The van der Waals surface area contributed by atoms with Crippen LogP contribution in [-0.4, -0.2) is 0 Å². The van der Waals surface area contributed by atoms with E-state index >= 15 is 0 Å². The lowest BCUT2D eigenvalue weighted by Gasteiger charge is -2.20. The molecule has 9 aromatic rings. The van der Waals surface area contributed by atoms with Crippen molar-refractivity contribution in [1.29, 1.82) is 0 Å². The molecule has 0 aliphatic carbocycles. The summed E-state index contributed by atoms with van der Waals surface area (Å²) in [6.07, 6.45) is 0. The van der Waals surface area contributed by atoms with Gasteiger partial charge in [-0.25, -0.2) is 0 Å². The second-order valence-electron chi connectivity index (χ2n) is 12.9. The molecule has 0 nitrogen and oxygen atoms in total. The van der Waals surface area contributed by atoms with Crippen molar-refractivity contribution >= 4 is 21.5 Å². The van der Waals surface area contributed by atoms with Crippen molar-refractivity contribution in [3.8, 4) is 66.8 Å². The Kier molecular flexibility index (Phi) is 7.61. The SMILES string of the molecule is c1ccc(-c2ccc(-c3ccc4c(-c5ccccc5)c5cc(-c6ccc(-c7ccccc7)cc6)ccc5c(-c5ccccc5)c4c3)cc2)cc1. The number of hydrogen-bond acceptors (Lipinski definition) is 0. The minimum absolute atomic E-state index is 1.21. The molecule has 0 fully saturated rings. The molecule has 0 aromatic heterocycles. The van der Waals surface area contributed by atoms with Crippen molar-refractivity contribution in [1.82, 2.24) is 0 Å². The van der Waals surface area contributed by atoms with Crippen LogP contribution in [0.2, 0.25) is 0 Å². The first-order valence-electron chi connectivity index (χ1n) is 17.3. The predicted molar refractivity (Wildman–Crippen MR) is 214 cm³/mol. The summed E-state index contributed by atoms with van der Waals surface area (Å²) in [4.78, 5) is 0. The zero-order chi connectivity index (χ0) is 33.3. The van der Waals surface area contributed by atoms with E-state index in [1.807, 2.05) is 0 Å². The Bertz CT molecular complexity index is 2380. The maximum atomic E-state index is 2.40. The number of rotatable bonds is 6. The largest absolute Gasteiger partial charge is 0.0622 e. The minimum Gasteiger partial charge on any atom is -0.0622 e. The molecule has 9 rings (SSSR count). The van der Waals surface area contributed by atoms with Crippen molar-refractivity contribution in [3.05, 3.63) is 206 Å². The molecule has 0 heterocycles. The van der Waals surface area contributed by atoms with Gasteiger partial charge in [0, 0.05) is 0 Å². The molecule has 0 heteroatoms. The fourth-order valence-corrected chi connectivity index (χ4v) is 7.39. The average Bonchev–Trinajstić information content (AvgIpc) is 3.21. The van der Waals surface area contributed by atoms with E-state index in [2.05, 4.69) is 206 Å². The van der Waals surface area contributed by atoms with E-state index in [4.69, 9.17) is 0 Å². The Morgan fingerprint density at radius 3 is 0.720 bits per heavy atom. The first kappa shape index (κ1) is 29.6. The van der Waals surface area contributed by atoms with Gasteiger partial charge in [-0.05, 0) is 100 Å². The molecule has 9 aromatic carbocycles. The zero-order valence-electron chi connectivity index (χ0n) is 27.6. The maximum absolute atomic E-state index is 2.40. The van der Waals surface area contributed by atoms with Gasteiger partial charge in [-0.15, -0.1) is 0 Å². The molecular weight excluding hydrogens is 601 g/mol. The highest BCUT2D eigenvalue weighted by molar-refractivity contribution is 6.22. The second kappa shape index (κ2) is 12.8. The van der Waals surface area contributed by atoms with Crippen LogP contribution in [0.5, 0.6) is 0 Å². The molecule has 0 atom stereocenters. The Morgan fingerprint density at radius 2 is 0.400 bits per heavy atom. The molecule has 0 N–H and O–H groups in total. The topological polar surface area (TPSA) is 0 Å². The molecule has 0 radical (unpaired) electrons. The van der Waals surface area contributed by atoms with Crippen LogP contribution in [0.25, 0.3) is 88.3 Å². The molecule has 0 bridgehead atoms. The molecule has 0 saturated heterocycles. The molecule has 0 amide bonds. The monoisotopic (exact) mass is 634 g/mol. The number of benzene rings is 9. The number of fused-ring (bicyclic) bond motifs is 2. The fourth-order valence-electron chi connectivity index (χ4n) is 7.39. The Labute approximate surface area is 293 Å². The Hall–Kier alpha value is -6.50. The van der Waals surface area contributed by atoms with Crippen molar-refractivity contribution in [3.63, 3.8) is 0 Å². The first-order valence-corrected chi connectivity index (χ1v) is 17.3. The second-order valence-corrected chi connectivity index (χ2v) is 12.9. The van der Waals surface area contributed by atoms with Gasteiger partial charge in [-0.1, -0.05) is 194 Å². The third kappa shape index (κ3) is 5.48. The summed E-state index contributed by atoms with van der Waals surface area (Å²) in [5.41, 5.74) is 14.7. The van der Waals surface area contributed by atoms with Gasteiger partial charge in [0.15, 0.2) is 0 Å². The predicted octanol–water partition coefficient (Wildman–Crippen LogP) is 14.0. The molecular formula is C50H34. The van der Waals surface area contributed by atoms with Crippen LogP contribution in [0.1, 0.15) is 0 Å². The van der Waals surface area contributed by atoms with E-state index in [-0.39, 0.29) is 0 Å². The zero-order valence-corrected chi connectivity index (χ0v) is 27.6. The fraction of sp³-hybridized carbons (Fsp3) is 0. The highest BCUT2D eigenvalue weighted by Gasteiger charge is 2.18. The quantitative estimate of drug-likeness (QED) is 0.160. The Balaban J connectivity index is 1.26. The molecule has 0 unspecified atom stereocenters. The van der Waals surface area contributed by atoms with Crippen molar-refractivity contribution < 1.29 is 0 Å². The summed E-state index contributed by atoms with van der Waals surface area (Å²) in [6.45, 7) is 0. The maximum Gasteiger partial charge on any atom is -0.00261 e. The van der Waals surface area contributed by atoms with Gasteiger partial charge < -0.3 is 0 Å². The summed E-state index contributed by atoms with van der Waals surface area (Å²) in [6, 6.07) is 74.9. The van der Waals surface area contributed by atoms with E-state index in [1.165, 1.54) is 88.3 Å². The molecule has 234 valence electrons. The van der Waals surface area contributed by atoms with Gasteiger partial charge in [0.05, 0.1) is 0 Å². The van der Waals surface area contributed by atoms with Crippen LogP contribution >= 0.6 is 0 Å². The molecule has 50 heavy (non-hydrogen) atoms. The van der Waals surface area contributed by atoms with Crippen LogP contribution in [-0.2, 0) is 0 Å². The van der Waals surface area contributed by atoms with Gasteiger partial charge in [-0.2, -0.15) is 0 Å². The van der Waals surface area contributed by atoms with E-state index in [0.717, 1.165) is 0 Å². The highest BCUT2D eigenvalue weighted by atomic mass is 14.2. The summed E-state index contributed by atoms with van der Waals surface area (Å²) in [5.74, 6) is 0. The lowest BCUT2D eigenvalue weighted by molar-refractivity contribution is 1.59. The van der Waals surface area contributed by atoms with Crippen LogP contribution in [0.4, 0.5) is 0 Å². The highest BCUT2D eigenvalue weighted by Crippen LogP contribution is 2.46. The van der Waals surface area contributed by atoms with Crippen molar-refractivity contribution in [2.75, 3.05) is 0 Å². The van der Waals surface area contributed by atoms with Crippen LogP contribution < -0.4 is 0 Å². The van der Waals surface area contributed by atoms with Gasteiger partial charge in [0.1, 0.15) is 0 Å². The van der Waals surface area contributed by atoms with Gasteiger partial charge in [0.25, 0.3) is 0 Å². The van der Waals surface area contributed by atoms with E-state index < -0.39 is 0 Å². The van der Waals surface area contributed by atoms with E-state index in [9.17, 15) is 0 Å². The minimum atomic E-state index is 1.21. The van der Waals surface area contributed by atoms with Gasteiger partial charge >= 0.3 is 0 Å². The average molecular weight is 635 g/mol. The smallest absolute Gasteiger partial charge is 0.00261 e. The molecule has 0 aliphatic rings. The summed E-state index contributed by atoms with van der Waals surface area (Å²) < 4.78 is 0. The van der Waals surface area contributed by atoms with Crippen LogP contribution in [0.15, 0.2) is 206 Å². The lowest BCUT2D eigenvalue weighted by atomic mass is 9.84.